The minimum atomic E-state index is -1.47. The van der Waals surface area contributed by atoms with Crippen molar-refractivity contribution in [2.75, 3.05) is 12.3 Å². The highest BCUT2D eigenvalue weighted by molar-refractivity contribution is 5.94. The number of ether oxygens (including phenoxy) is 1. The van der Waals surface area contributed by atoms with Gasteiger partial charge < -0.3 is 21.5 Å². The molecule has 1 amide bonds. The molecule has 0 saturated heterocycles. The Hall–Kier alpha value is -3.85. The third-order valence-electron chi connectivity index (χ3n) is 4.71. The quantitative estimate of drug-likeness (QED) is 0.316. The fraction of sp³-hybridized carbons (Fsp3) is 0.174. The van der Waals surface area contributed by atoms with Crippen molar-refractivity contribution >= 4 is 17.6 Å². The standard InChI is InChI=1S/C23H23F2N5O2/c1-2-32-21(23(31)29-12-13-6-8-14(9-7-13)22(27)28)20-16(24)10-15(11-17(20)25)18-4-3-5-19(26)30-18/h3-11,21H,2,12H2,1H3,(H2,26,30)(H3,27,28)(H,29,31). The number of carbonyl (C=O) groups is 1. The number of amidine groups is 1. The second-order valence-electron chi connectivity index (χ2n) is 6.97. The molecule has 3 rings (SSSR count). The van der Waals surface area contributed by atoms with Crippen LogP contribution in [0.25, 0.3) is 11.3 Å². The molecule has 32 heavy (non-hydrogen) atoms. The Labute approximate surface area is 183 Å². The molecule has 0 bridgehead atoms. The fourth-order valence-corrected chi connectivity index (χ4v) is 3.14. The van der Waals surface area contributed by atoms with Crippen LogP contribution >= 0.6 is 0 Å². The van der Waals surface area contributed by atoms with Gasteiger partial charge in [-0.25, -0.2) is 13.8 Å². The van der Waals surface area contributed by atoms with E-state index in [0.29, 0.717) is 11.3 Å². The van der Waals surface area contributed by atoms with E-state index in [1.807, 2.05) is 0 Å². The molecule has 0 spiro atoms. The van der Waals surface area contributed by atoms with Gasteiger partial charge in [-0.05, 0) is 36.8 Å². The average molecular weight is 439 g/mol. The topological polar surface area (TPSA) is 127 Å². The van der Waals surface area contributed by atoms with Crippen LogP contribution in [-0.4, -0.2) is 23.3 Å². The molecule has 3 aromatic rings. The van der Waals surface area contributed by atoms with E-state index in [1.165, 1.54) is 0 Å². The number of aromatic nitrogens is 1. The van der Waals surface area contributed by atoms with Crippen molar-refractivity contribution in [2.24, 2.45) is 5.73 Å². The number of benzene rings is 2. The van der Waals surface area contributed by atoms with E-state index in [9.17, 15) is 13.6 Å². The summed E-state index contributed by atoms with van der Waals surface area (Å²) in [5, 5.41) is 10.0. The number of anilines is 1. The maximum Gasteiger partial charge on any atom is 0.254 e. The average Bonchev–Trinajstić information content (AvgIpc) is 2.76. The number of nitrogen functional groups attached to an aromatic ring is 2. The van der Waals surface area contributed by atoms with Crippen LogP contribution in [0.3, 0.4) is 0 Å². The molecule has 2 aromatic carbocycles. The SMILES string of the molecule is CCOC(C(=O)NCc1ccc(C(=N)N)cc1)c1c(F)cc(-c2cccc(N)n2)cc1F. The fourth-order valence-electron chi connectivity index (χ4n) is 3.14. The van der Waals surface area contributed by atoms with Crippen molar-refractivity contribution in [1.29, 1.82) is 5.41 Å². The summed E-state index contributed by atoms with van der Waals surface area (Å²) in [6.07, 6.45) is -1.47. The number of pyridine rings is 1. The molecular formula is C23H23F2N5O2. The van der Waals surface area contributed by atoms with Gasteiger partial charge in [0.25, 0.3) is 5.91 Å². The van der Waals surface area contributed by atoms with Crippen molar-refractivity contribution in [3.8, 4) is 11.3 Å². The summed E-state index contributed by atoms with van der Waals surface area (Å²) in [7, 11) is 0. The first-order chi connectivity index (χ1) is 15.3. The Morgan fingerprint density at radius 1 is 1.16 bits per heavy atom. The molecule has 1 unspecified atom stereocenters. The summed E-state index contributed by atoms with van der Waals surface area (Å²) in [6, 6.07) is 13.6. The predicted molar refractivity (Wildman–Crippen MR) is 118 cm³/mol. The second-order valence-corrected chi connectivity index (χ2v) is 6.97. The Kier molecular flexibility index (Phi) is 7.11. The summed E-state index contributed by atoms with van der Waals surface area (Å²) < 4.78 is 35.2. The van der Waals surface area contributed by atoms with Crippen LogP contribution in [0.1, 0.15) is 29.7 Å². The molecule has 1 aromatic heterocycles. The lowest BCUT2D eigenvalue weighted by molar-refractivity contribution is -0.133. The number of hydrogen-bond donors (Lipinski definition) is 4. The number of nitrogens with zero attached hydrogens (tertiary/aromatic N) is 1. The maximum absolute atomic E-state index is 14.9. The summed E-state index contributed by atoms with van der Waals surface area (Å²) in [5.74, 6) is -2.39. The zero-order valence-electron chi connectivity index (χ0n) is 17.4. The van der Waals surface area contributed by atoms with Crippen molar-refractivity contribution in [3.63, 3.8) is 0 Å². The maximum atomic E-state index is 14.9. The highest BCUT2D eigenvalue weighted by Gasteiger charge is 2.28. The summed E-state index contributed by atoms with van der Waals surface area (Å²) in [6.45, 7) is 1.81. The lowest BCUT2D eigenvalue weighted by atomic mass is 10.0. The predicted octanol–water partition coefficient (Wildman–Crippen LogP) is 3.29. The van der Waals surface area contributed by atoms with E-state index < -0.39 is 29.2 Å². The lowest BCUT2D eigenvalue weighted by Crippen LogP contribution is -2.31. The van der Waals surface area contributed by atoms with E-state index in [-0.39, 0.29) is 30.4 Å². The van der Waals surface area contributed by atoms with Crippen molar-refractivity contribution in [1.82, 2.24) is 10.3 Å². The first-order valence-corrected chi connectivity index (χ1v) is 9.84. The summed E-state index contributed by atoms with van der Waals surface area (Å²) in [5.41, 5.74) is 12.4. The molecular weight excluding hydrogens is 416 g/mol. The molecule has 0 saturated carbocycles. The van der Waals surface area contributed by atoms with Crippen LogP contribution in [0.2, 0.25) is 0 Å². The zero-order chi connectivity index (χ0) is 23.3. The van der Waals surface area contributed by atoms with Crippen LogP contribution < -0.4 is 16.8 Å². The third kappa shape index (κ3) is 5.25. The second kappa shape index (κ2) is 9.97. The molecule has 0 aliphatic carbocycles. The number of carbonyl (C=O) groups excluding carboxylic acids is 1. The minimum absolute atomic E-state index is 0.0696. The Morgan fingerprint density at radius 3 is 2.38 bits per heavy atom. The number of nitrogens with one attached hydrogen (secondary N) is 2. The van der Waals surface area contributed by atoms with Gasteiger partial charge in [0, 0.05) is 24.3 Å². The van der Waals surface area contributed by atoms with Crippen LogP contribution in [0.15, 0.2) is 54.6 Å². The van der Waals surface area contributed by atoms with Gasteiger partial charge in [-0.15, -0.1) is 0 Å². The third-order valence-corrected chi connectivity index (χ3v) is 4.71. The molecule has 166 valence electrons. The Bertz CT molecular complexity index is 1110. The van der Waals surface area contributed by atoms with Crippen LogP contribution in [-0.2, 0) is 16.1 Å². The van der Waals surface area contributed by atoms with Crippen LogP contribution in [0.4, 0.5) is 14.6 Å². The van der Waals surface area contributed by atoms with Gasteiger partial charge in [0.1, 0.15) is 23.3 Å². The number of hydrogen-bond acceptors (Lipinski definition) is 5. The van der Waals surface area contributed by atoms with Gasteiger partial charge in [0.2, 0.25) is 0 Å². The van der Waals surface area contributed by atoms with Crippen LogP contribution in [0, 0.1) is 17.0 Å². The first-order valence-electron chi connectivity index (χ1n) is 9.84. The van der Waals surface area contributed by atoms with Gasteiger partial charge in [-0.1, -0.05) is 30.3 Å². The van der Waals surface area contributed by atoms with E-state index in [1.54, 1.807) is 49.4 Å². The Balaban J connectivity index is 1.82. The number of amides is 1. The molecule has 0 fully saturated rings. The zero-order valence-corrected chi connectivity index (χ0v) is 17.4. The minimum Gasteiger partial charge on any atom is -0.384 e. The molecule has 9 heteroatoms. The number of halogens is 2. The molecule has 0 aliphatic rings. The largest absolute Gasteiger partial charge is 0.384 e. The van der Waals surface area contributed by atoms with Gasteiger partial charge in [0.15, 0.2) is 6.10 Å². The highest BCUT2D eigenvalue weighted by Crippen LogP contribution is 2.29. The summed E-state index contributed by atoms with van der Waals surface area (Å²) in [4.78, 5) is 16.8. The molecule has 0 radical (unpaired) electrons. The molecule has 1 atom stereocenters. The van der Waals surface area contributed by atoms with Gasteiger partial charge in [-0.3, -0.25) is 10.2 Å². The van der Waals surface area contributed by atoms with Gasteiger partial charge in [0.05, 0.1) is 11.3 Å². The van der Waals surface area contributed by atoms with Crippen molar-refractivity contribution in [3.05, 3.63) is 82.9 Å². The highest BCUT2D eigenvalue weighted by atomic mass is 19.1. The first kappa shape index (κ1) is 22.8. The number of rotatable bonds is 8. The van der Waals surface area contributed by atoms with E-state index >= 15 is 0 Å². The molecule has 7 nitrogen and oxygen atoms in total. The smallest absolute Gasteiger partial charge is 0.254 e. The molecule has 1 heterocycles. The van der Waals surface area contributed by atoms with Gasteiger partial charge in [-0.2, -0.15) is 0 Å². The van der Waals surface area contributed by atoms with Crippen molar-refractivity contribution in [2.45, 2.75) is 19.6 Å². The van der Waals surface area contributed by atoms with Gasteiger partial charge >= 0.3 is 0 Å². The van der Waals surface area contributed by atoms with E-state index in [0.717, 1.165) is 17.7 Å². The molecule has 6 N–H and O–H groups in total. The summed E-state index contributed by atoms with van der Waals surface area (Å²) >= 11 is 0. The van der Waals surface area contributed by atoms with Crippen LogP contribution in [0.5, 0.6) is 0 Å². The van der Waals surface area contributed by atoms with E-state index in [2.05, 4.69) is 10.3 Å². The van der Waals surface area contributed by atoms with E-state index in [4.69, 9.17) is 21.6 Å². The van der Waals surface area contributed by atoms with Crippen molar-refractivity contribution < 1.29 is 18.3 Å². The lowest BCUT2D eigenvalue weighted by Gasteiger charge is -2.19. The monoisotopic (exact) mass is 439 g/mol. The normalized spacial score (nSPS) is 11.7. The number of nitrogens with two attached hydrogens (primary N) is 2. The molecule has 0 aliphatic heterocycles. The Morgan fingerprint density at radius 2 is 1.81 bits per heavy atom.